The number of ether oxygens (including phenoxy) is 1. The van der Waals surface area contributed by atoms with E-state index in [1.807, 2.05) is 36.2 Å². The molecule has 152 valence electrons. The van der Waals surface area contributed by atoms with Crippen molar-refractivity contribution < 1.29 is 14.3 Å². The molecule has 3 rings (SSSR count). The van der Waals surface area contributed by atoms with Crippen LogP contribution in [0, 0.1) is 0 Å². The van der Waals surface area contributed by atoms with Gasteiger partial charge in [0.15, 0.2) is 0 Å². The van der Waals surface area contributed by atoms with E-state index in [1.165, 1.54) is 6.08 Å². The summed E-state index contributed by atoms with van der Waals surface area (Å²) in [4.78, 5) is 29.0. The van der Waals surface area contributed by atoms with E-state index in [-0.39, 0.29) is 11.8 Å². The summed E-state index contributed by atoms with van der Waals surface area (Å²) >= 11 is 6.22. The van der Waals surface area contributed by atoms with E-state index in [2.05, 4.69) is 10.2 Å². The summed E-state index contributed by atoms with van der Waals surface area (Å²) in [6.07, 6.45) is 3.12. The van der Waals surface area contributed by atoms with Crippen LogP contribution >= 0.6 is 11.6 Å². The van der Waals surface area contributed by atoms with Crippen molar-refractivity contribution in [1.82, 2.24) is 9.80 Å². The number of piperazine rings is 1. The quantitative estimate of drug-likeness (QED) is 0.763. The minimum atomic E-state index is -0.327. The van der Waals surface area contributed by atoms with E-state index in [4.69, 9.17) is 16.3 Å². The van der Waals surface area contributed by atoms with Crippen LogP contribution in [0.1, 0.15) is 15.9 Å². The maximum Gasteiger partial charge on any atom is 0.254 e. The summed E-state index contributed by atoms with van der Waals surface area (Å²) < 4.78 is 5.12. The van der Waals surface area contributed by atoms with Crippen LogP contribution in [-0.2, 0) is 4.79 Å². The number of anilines is 1. The van der Waals surface area contributed by atoms with E-state index in [1.54, 1.807) is 31.4 Å². The van der Waals surface area contributed by atoms with E-state index in [0.29, 0.717) is 29.4 Å². The summed E-state index contributed by atoms with van der Waals surface area (Å²) in [5.41, 5.74) is 1.79. The Morgan fingerprint density at radius 1 is 1.07 bits per heavy atom. The van der Waals surface area contributed by atoms with Gasteiger partial charge in [0.05, 0.1) is 17.8 Å². The van der Waals surface area contributed by atoms with E-state index < -0.39 is 0 Å². The van der Waals surface area contributed by atoms with Crippen molar-refractivity contribution in [3.8, 4) is 5.75 Å². The molecule has 0 aromatic heterocycles. The molecule has 2 aromatic rings. The third-order valence-electron chi connectivity index (χ3n) is 4.80. The molecule has 0 bridgehead atoms. The Bertz CT molecular complexity index is 904. The van der Waals surface area contributed by atoms with Gasteiger partial charge in [-0.1, -0.05) is 23.7 Å². The molecule has 1 N–H and O–H groups in total. The zero-order chi connectivity index (χ0) is 20.8. The molecule has 29 heavy (non-hydrogen) atoms. The highest BCUT2D eigenvalue weighted by atomic mass is 35.5. The summed E-state index contributed by atoms with van der Waals surface area (Å²) in [6, 6.07) is 12.3. The molecule has 0 saturated carbocycles. The van der Waals surface area contributed by atoms with Crippen molar-refractivity contribution >= 4 is 35.2 Å². The number of likely N-dealkylation sites (N-methyl/N-ethyl adjacent to an activating group) is 1. The summed E-state index contributed by atoms with van der Waals surface area (Å²) in [5.74, 6) is 0.367. The van der Waals surface area contributed by atoms with Crippen molar-refractivity contribution in [1.29, 1.82) is 0 Å². The van der Waals surface area contributed by atoms with Gasteiger partial charge in [0.25, 0.3) is 5.91 Å². The summed E-state index contributed by atoms with van der Waals surface area (Å²) in [7, 11) is 3.64. The van der Waals surface area contributed by atoms with E-state index in [9.17, 15) is 9.59 Å². The molecule has 0 aliphatic carbocycles. The van der Waals surface area contributed by atoms with Crippen LogP contribution in [0.25, 0.3) is 6.08 Å². The monoisotopic (exact) mass is 413 g/mol. The fourth-order valence-corrected chi connectivity index (χ4v) is 3.17. The van der Waals surface area contributed by atoms with Gasteiger partial charge in [-0.15, -0.1) is 0 Å². The standard InChI is InChI=1S/C22H24ClN3O3/c1-25-11-13-26(14-12-25)22(28)17-6-9-19(23)20(15-17)24-21(27)10-5-16-3-7-18(29-2)8-4-16/h3-10,15H,11-14H2,1-2H3,(H,24,27)/b10-5+. The smallest absolute Gasteiger partial charge is 0.254 e. The first-order valence-corrected chi connectivity index (χ1v) is 9.74. The van der Waals surface area contributed by atoms with Crippen LogP contribution < -0.4 is 10.1 Å². The maximum atomic E-state index is 12.7. The number of rotatable bonds is 5. The number of hydrogen-bond acceptors (Lipinski definition) is 4. The highest BCUT2D eigenvalue weighted by Gasteiger charge is 2.21. The highest BCUT2D eigenvalue weighted by Crippen LogP contribution is 2.24. The van der Waals surface area contributed by atoms with E-state index in [0.717, 1.165) is 24.4 Å². The number of halogens is 1. The van der Waals surface area contributed by atoms with Gasteiger partial charge in [0, 0.05) is 37.8 Å². The Labute approximate surface area is 175 Å². The molecular formula is C22H24ClN3O3. The fraction of sp³-hybridized carbons (Fsp3) is 0.273. The Morgan fingerprint density at radius 2 is 1.76 bits per heavy atom. The van der Waals surface area contributed by atoms with E-state index >= 15 is 0 Å². The zero-order valence-corrected chi connectivity index (χ0v) is 17.3. The van der Waals surface area contributed by atoms with Crippen LogP contribution in [0.4, 0.5) is 5.69 Å². The van der Waals surface area contributed by atoms with Crippen molar-refractivity contribution in [3.05, 3.63) is 64.7 Å². The predicted octanol–water partition coefficient (Wildman–Crippen LogP) is 3.39. The van der Waals surface area contributed by atoms with Gasteiger partial charge in [-0.05, 0) is 49.0 Å². The number of carbonyl (C=O) groups is 2. The second-order valence-electron chi connectivity index (χ2n) is 6.89. The molecule has 2 aromatic carbocycles. The van der Waals surface area contributed by atoms with Crippen molar-refractivity contribution in [2.45, 2.75) is 0 Å². The lowest BCUT2D eigenvalue weighted by molar-refractivity contribution is -0.111. The molecule has 7 heteroatoms. The third-order valence-corrected chi connectivity index (χ3v) is 5.13. The SMILES string of the molecule is COc1ccc(/C=C/C(=O)Nc2cc(C(=O)N3CCN(C)CC3)ccc2Cl)cc1. The largest absolute Gasteiger partial charge is 0.497 e. The van der Waals surface area contributed by atoms with Crippen LogP contribution in [0.2, 0.25) is 5.02 Å². The Balaban J connectivity index is 1.66. The Hall–Kier alpha value is -2.83. The van der Waals surface area contributed by atoms with Crippen molar-refractivity contribution in [3.63, 3.8) is 0 Å². The molecule has 6 nitrogen and oxygen atoms in total. The van der Waals surface area contributed by atoms with Gasteiger partial charge >= 0.3 is 0 Å². The summed E-state index contributed by atoms with van der Waals surface area (Å²) in [5, 5.41) is 3.13. The minimum absolute atomic E-state index is 0.0564. The van der Waals surface area contributed by atoms with Crippen LogP contribution in [-0.4, -0.2) is 62.0 Å². The first-order chi connectivity index (χ1) is 14.0. The molecule has 0 spiro atoms. The average Bonchev–Trinajstić information content (AvgIpc) is 2.74. The first kappa shape index (κ1) is 20.9. The molecule has 1 aliphatic rings. The van der Waals surface area contributed by atoms with Gasteiger partial charge in [-0.2, -0.15) is 0 Å². The van der Waals surface area contributed by atoms with Gasteiger partial charge in [0.1, 0.15) is 5.75 Å². The maximum absolute atomic E-state index is 12.7. The predicted molar refractivity (Wildman–Crippen MR) is 116 cm³/mol. The van der Waals surface area contributed by atoms with Gasteiger partial charge < -0.3 is 19.9 Å². The number of carbonyl (C=O) groups excluding carboxylic acids is 2. The number of amides is 2. The molecule has 1 fully saturated rings. The molecule has 2 amide bonds. The molecule has 0 radical (unpaired) electrons. The minimum Gasteiger partial charge on any atom is -0.497 e. The van der Waals surface area contributed by atoms with Gasteiger partial charge in [-0.25, -0.2) is 0 Å². The fourth-order valence-electron chi connectivity index (χ4n) is 3.01. The average molecular weight is 414 g/mol. The molecular weight excluding hydrogens is 390 g/mol. The van der Waals surface area contributed by atoms with Crippen molar-refractivity contribution in [2.24, 2.45) is 0 Å². The number of methoxy groups -OCH3 is 1. The highest BCUT2D eigenvalue weighted by molar-refractivity contribution is 6.34. The molecule has 0 unspecified atom stereocenters. The van der Waals surface area contributed by atoms with Crippen molar-refractivity contribution in [2.75, 3.05) is 45.7 Å². The lowest BCUT2D eigenvalue weighted by Gasteiger charge is -2.32. The van der Waals surface area contributed by atoms with Crippen LogP contribution in [0.3, 0.4) is 0 Å². The molecule has 0 atom stereocenters. The van der Waals surface area contributed by atoms with Crippen LogP contribution in [0.5, 0.6) is 5.75 Å². The third kappa shape index (κ3) is 5.59. The lowest BCUT2D eigenvalue weighted by Crippen LogP contribution is -2.47. The normalized spacial score (nSPS) is 14.8. The second-order valence-corrected chi connectivity index (χ2v) is 7.29. The number of nitrogens with one attached hydrogen (secondary N) is 1. The van der Waals surface area contributed by atoms with Gasteiger partial charge in [-0.3, -0.25) is 9.59 Å². The van der Waals surface area contributed by atoms with Gasteiger partial charge in [0.2, 0.25) is 5.91 Å². The Morgan fingerprint density at radius 3 is 2.41 bits per heavy atom. The number of nitrogens with zero attached hydrogens (tertiary/aromatic N) is 2. The number of hydrogen-bond donors (Lipinski definition) is 1. The zero-order valence-electron chi connectivity index (χ0n) is 16.5. The lowest BCUT2D eigenvalue weighted by atomic mass is 10.1. The van der Waals surface area contributed by atoms with Crippen LogP contribution in [0.15, 0.2) is 48.5 Å². The second kappa shape index (κ2) is 9.58. The molecule has 1 saturated heterocycles. The topological polar surface area (TPSA) is 61.9 Å². The Kier molecular flexibility index (Phi) is 6.90. The molecule has 1 heterocycles. The molecule has 1 aliphatic heterocycles. The number of benzene rings is 2. The first-order valence-electron chi connectivity index (χ1n) is 9.37. The summed E-state index contributed by atoms with van der Waals surface area (Å²) in [6.45, 7) is 3.06.